The van der Waals surface area contributed by atoms with Gasteiger partial charge in [-0.15, -0.1) is 0 Å². The zero-order valence-corrected chi connectivity index (χ0v) is 21.5. The molecule has 0 aromatic carbocycles. The number of ether oxygens (including phenoxy) is 2. The lowest BCUT2D eigenvalue weighted by Crippen LogP contribution is -2.38. The van der Waals surface area contributed by atoms with Gasteiger partial charge in [-0.3, -0.25) is 9.05 Å². The van der Waals surface area contributed by atoms with Crippen LogP contribution in [0.25, 0.3) is 0 Å². The second-order valence-electron chi connectivity index (χ2n) is 9.16. The van der Waals surface area contributed by atoms with Crippen molar-refractivity contribution in [1.29, 1.82) is 0 Å². The first-order valence-electron chi connectivity index (χ1n) is 11.7. The van der Waals surface area contributed by atoms with Gasteiger partial charge in [0.05, 0.1) is 27.2 Å². The van der Waals surface area contributed by atoms with Crippen LogP contribution in [0, 0.1) is 0 Å². The predicted octanol–water partition coefficient (Wildman–Crippen LogP) is 5.51. The lowest BCUT2D eigenvalue weighted by molar-refractivity contribution is -0.870. The van der Waals surface area contributed by atoms with Gasteiger partial charge in [-0.25, -0.2) is 4.57 Å². The molecule has 0 saturated heterocycles. The summed E-state index contributed by atoms with van der Waals surface area (Å²) in [5, 5.41) is 0. The summed E-state index contributed by atoms with van der Waals surface area (Å²) >= 11 is 0. The molecule has 8 heteroatoms. The second kappa shape index (κ2) is 16.6. The molecule has 4 atom stereocenters. The Kier molecular flexibility index (Phi) is 16.6. The molecule has 30 heavy (non-hydrogen) atoms. The van der Waals surface area contributed by atoms with Crippen LogP contribution >= 0.6 is 7.82 Å². The van der Waals surface area contributed by atoms with Crippen LogP contribution in [0.4, 0.5) is 0 Å². The fourth-order valence-electron chi connectivity index (χ4n) is 2.99. The SMILES string of the molecule is CCCCCCCCCCC(CC)OC(OP(=O)(O)OCC[N+](C)(C)C)C(C)OC. The van der Waals surface area contributed by atoms with Crippen LogP contribution < -0.4 is 0 Å². The van der Waals surface area contributed by atoms with Crippen LogP contribution in [0.1, 0.15) is 85.0 Å². The normalized spacial score (nSPS) is 17.5. The fraction of sp³-hybridized carbons (Fsp3) is 1.00. The van der Waals surface area contributed by atoms with Gasteiger partial charge in [0.15, 0.2) is 6.29 Å². The molecule has 0 aromatic rings. The van der Waals surface area contributed by atoms with Gasteiger partial charge in [0, 0.05) is 7.11 Å². The van der Waals surface area contributed by atoms with Crippen molar-refractivity contribution in [3.63, 3.8) is 0 Å². The standard InChI is InChI=1S/C22H48NO6P/c1-8-10-11-12-13-14-15-16-17-21(9-2)28-22(20(3)26-7)29-30(24,25)27-19-18-23(4,5)6/h20-22H,8-19H2,1-7H3/p+1. The fourth-order valence-corrected chi connectivity index (χ4v) is 3.84. The maximum absolute atomic E-state index is 12.4. The Morgan fingerprint density at radius 2 is 1.53 bits per heavy atom. The van der Waals surface area contributed by atoms with E-state index in [1.54, 1.807) is 6.92 Å². The van der Waals surface area contributed by atoms with Crippen molar-refractivity contribution < 1.29 is 32.5 Å². The molecular formula is C22H49NO6P+. The van der Waals surface area contributed by atoms with E-state index in [-0.39, 0.29) is 12.7 Å². The van der Waals surface area contributed by atoms with E-state index in [0.717, 1.165) is 19.3 Å². The maximum Gasteiger partial charge on any atom is 0.474 e. The molecule has 0 saturated carbocycles. The van der Waals surface area contributed by atoms with E-state index >= 15 is 0 Å². The number of phosphoric ester groups is 1. The number of quaternary nitrogens is 1. The van der Waals surface area contributed by atoms with Crippen molar-refractivity contribution in [2.24, 2.45) is 0 Å². The molecule has 0 rings (SSSR count). The number of hydrogen-bond donors (Lipinski definition) is 1. The molecule has 182 valence electrons. The first kappa shape index (κ1) is 30.0. The lowest BCUT2D eigenvalue weighted by atomic mass is 10.0. The second-order valence-corrected chi connectivity index (χ2v) is 10.6. The molecule has 0 aromatic heterocycles. The largest absolute Gasteiger partial charge is 0.474 e. The van der Waals surface area contributed by atoms with Gasteiger partial charge in [-0.2, -0.15) is 0 Å². The highest BCUT2D eigenvalue weighted by Gasteiger charge is 2.33. The van der Waals surface area contributed by atoms with Crippen LogP contribution in [0.3, 0.4) is 0 Å². The average molecular weight is 455 g/mol. The Balaban J connectivity index is 4.47. The summed E-state index contributed by atoms with van der Waals surface area (Å²) in [7, 11) is 3.26. The van der Waals surface area contributed by atoms with Gasteiger partial charge < -0.3 is 18.9 Å². The third-order valence-corrected chi connectivity index (χ3v) is 6.15. The van der Waals surface area contributed by atoms with E-state index < -0.39 is 20.2 Å². The summed E-state index contributed by atoms with van der Waals surface area (Å²) in [6.07, 6.45) is 10.3. The molecule has 1 N–H and O–H groups in total. The third kappa shape index (κ3) is 16.7. The Labute approximate surface area is 185 Å². The molecule has 0 heterocycles. The molecule has 4 unspecified atom stereocenters. The molecule has 0 radical (unpaired) electrons. The number of likely N-dealkylation sites (N-methyl/N-ethyl adjacent to an activating group) is 1. The van der Waals surface area contributed by atoms with E-state index in [2.05, 4.69) is 13.8 Å². The number of methoxy groups -OCH3 is 1. The minimum Gasteiger partial charge on any atom is -0.376 e. The van der Waals surface area contributed by atoms with Gasteiger partial charge in [0.25, 0.3) is 0 Å². The molecule has 0 aliphatic heterocycles. The Morgan fingerprint density at radius 3 is 2.03 bits per heavy atom. The highest BCUT2D eigenvalue weighted by atomic mass is 31.2. The number of unbranched alkanes of at least 4 members (excludes halogenated alkanes) is 7. The topological polar surface area (TPSA) is 74.2 Å². The number of hydrogen-bond acceptors (Lipinski definition) is 5. The van der Waals surface area contributed by atoms with Crippen LogP contribution in [0.15, 0.2) is 0 Å². The van der Waals surface area contributed by atoms with Gasteiger partial charge in [-0.05, 0) is 19.8 Å². The van der Waals surface area contributed by atoms with Crippen LogP contribution in [-0.4, -0.2) is 69.3 Å². The van der Waals surface area contributed by atoms with E-state index in [4.69, 9.17) is 18.5 Å². The molecular weight excluding hydrogens is 405 g/mol. The van der Waals surface area contributed by atoms with Crippen molar-refractivity contribution in [2.45, 2.75) is 103 Å². The number of nitrogens with zero attached hydrogens (tertiary/aromatic N) is 1. The van der Waals surface area contributed by atoms with E-state index in [1.165, 1.54) is 52.1 Å². The van der Waals surface area contributed by atoms with Crippen molar-refractivity contribution in [3.05, 3.63) is 0 Å². The van der Waals surface area contributed by atoms with E-state index in [1.807, 2.05) is 21.1 Å². The number of phosphoric acid groups is 1. The van der Waals surface area contributed by atoms with Crippen molar-refractivity contribution in [1.82, 2.24) is 0 Å². The minimum absolute atomic E-state index is 0.0427. The average Bonchev–Trinajstić information content (AvgIpc) is 2.66. The molecule has 0 bridgehead atoms. The smallest absolute Gasteiger partial charge is 0.376 e. The summed E-state index contributed by atoms with van der Waals surface area (Å²) < 4.78 is 34.8. The Morgan fingerprint density at radius 1 is 0.967 bits per heavy atom. The minimum atomic E-state index is -4.23. The molecule has 0 fully saturated rings. The van der Waals surface area contributed by atoms with Gasteiger partial charge in [-0.1, -0.05) is 65.2 Å². The summed E-state index contributed by atoms with van der Waals surface area (Å²) in [5.74, 6) is 0. The first-order chi connectivity index (χ1) is 14.0. The van der Waals surface area contributed by atoms with Gasteiger partial charge >= 0.3 is 7.82 Å². The monoisotopic (exact) mass is 454 g/mol. The van der Waals surface area contributed by atoms with Crippen molar-refractivity contribution >= 4 is 7.82 Å². The lowest BCUT2D eigenvalue weighted by Gasteiger charge is -2.29. The van der Waals surface area contributed by atoms with Gasteiger partial charge in [0.2, 0.25) is 0 Å². The van der Waals surface area contributed by atoms with Crippen molar-refractivity contribution in [2.75, 3.05) is 41.4 Å². The molecule has 0 aliphatic rings. The summed E-state index contributed by atoms with van der Waals surface area (Å²) in [5.41, 5.74) is 0. The first-order valence-corrected chi connectivity index (χ1v) is 13.2. The zero-order chi connectivity index (χ0) is 23.0. The van der Waals surface area contributed by atoms with Crippen LogP contribution in [0.2, 0.25) is 0 Å². The summed E-state index contributed by atoms with van der Waals surface area (Å²) in [4.78, 5) is 10.1. The molecule has 0 amide bonds. The van der Waals surface area contributed by atoms with Gasteiger partial charge in [0.1, 0.15) is 19.3 Å². The quantitative estimate of drug-likeness (QED) is 0.113. The van der Waals surface area contributed by atoms with Crippen LogP contribution in [0.5, 0.6) is 0 Å². The predicted molar refractivity (Wildman–Crippen MR) is 122 cm³/mol. The highest BCUT2D eigenvalue weighted by Crippen LogP contribution is 2.45. The van der Waals surface area contributed by atoms with Crippen LogP contribution in [-0.2, 0) is 23.1 Å². The maximum atomic E-state index is 12.4. The molecule has 0 aliphatic carbocycles. The van der Waals surface area contributed by atoms with E-state index in [9.17, 15) is 9.46 Å². The summed E-state index contributed by atoms with van der Waals surface area (Å²) in [6, 6.07) is 0. The Hall–Kier alpha value is -0.0100. The third-order valence-electron chi connectivity index (χ3n) is 5.17. The summed E-state index contributed by atoms with van der Waals surface area (Å²) in [6.45, 7) is 6.77. The molecule has 0 spiro atoms. The molecule has 7 nitrogen and oxygen atoms in total. The highest BCUT2D eigenvalue weighted by molar-refractivity contribution is 7.47. The van der Waals surface area contributed by atoms with E-state index in [0.29, 0.717) is 11.0 Å². The van der Waals surface area contributed by atoms with Crippen molar-refractivity contribution in [3.8, 4) is 0 Å². The zero-order valence-electron chi connectivity index (χ0n) is 20.6. The Bertz CT molecular complexity index is 457. The number of rotatable bonds is 20.